The fourth-order valence-electron chi connectivity index (χ4n) is 2.81. The van der Waals surface area contributed by atoms with Crippen molar-refractivity contribution in [2.75, 3.05) is 13.2 Å². The molecule has 2 aromatic carbocycles. The van der Waals surface area contributed by atoms with Crippen LogP contribution in [0.3, 0.4) is 0 Å². The first-order valence-electron chi connectivity index (χ1n) is 9.69. The number of carbonyl (C=O) groups excluding carboxylic acids is 1. The number of benzene rings is 2. The molecule has 0 aliphatic rings. The molecule has 0 spiro atoms. The van der Waals surface area contributed by atoms with Gasteiger partial charge in [0.15, 0.2) is 6.61 Å². The number of nitrogens with one attached hydrogen (secondary N) is 1. The normalized spacial score (nSPS) is 10.6. The van der Waals surface area contributed by atoms with Crippen LogP contribution in [0, 0.1) is 6.92 Å². The van der Waals surface area contributed by atoms with Gasteiger partial charge in [0.2, 0.25) is 0 Å². The molecule has 0 unspecified atom stereocenters. The quantitative estimate of drug-likeness (QED) is 0.641. The van der Waals surface area contributed by atoms with Crippen molar-refractivity contribution < 1.29 is 9.53 Å². The lowest BCUT2D eigenvalue weighted by Gasteiger charge is -2.10. The van der Waals surface area contributed by atoms with Gasteiger partial charge in [0.25, 0.3) is 11.5 Å². The zero-order valence-electron chi connectivity index (χ0n) is 16.7. The van der Waals surface area contributed by atoms with Gasteiger partial charge in [-0.2, -0.15) is 5.10 Å². The van der Waals surface area contributed by atoms with E-state index >= 15 is 0 Å². The largest absolute Gasteiger partial charge is 0.484 e. The van der Waals surface area contributed by atoms with E-state index < -0.39 is 0 Å². The summed E-state index contributed by atoms with van der Waals surface area (Å²) in [6.07, 6.45) is 0.958. The molecule has 3 rings (SSSR count). The Bertz CT molecular complexity index is 1010. The van der Waals surface area contributed by atoms with Gasteiger partial charge in [-0.25, -0.2) is 4.68 Å². The van der Waals surface area contributed by atoms with Crippen molar-refractivity contribution in [2.24, 2.45) is 0 Å². The van der Waals surface area contributed by atoms with Crippen LogP contribution >= 0.6 is 0 Å². The second-order valence-electron chi connectivity index (χ2n) is 6.78. The molecule has 0 fully saturated rings. The maximum Gasteiger partial charge on any atom is 0.266 e. The lowest BCUT2D eigenvalue weighted by Crippen LogP contribution is -2.34. The Labute approximate surface area is 170 Å². The van der Waals surface area contributed by atoms with Crippen LogP contribution in [0.5, 0.6) is 5.75 Å². The van der Waals surface area contributed by atoms with Gasteiger partial charge in [-0.1, -0.05) is 48.9 Å². The van der Waals surface area contributed by atoms with Crippen LogP contribution in [-0.4, -0.2) is 28.8 Å². The third-order valence-electron chi connectivity index (χ3n) is 4.56. The zero-order chi connectivity index (χ0) is 20.6. The molecule has 29 heavy (non-hydrogen) atoms. The first-order chi connectivity index (χ1) is 14.0. The third kappa shape index (κ3) is 5.78. The van der Waals surface area contributed by atoms with Gasteiger partial charge in [-0.05, 0) is 37.1 Å². The van der Waals surface area contributed by atoms with Crippen molar-refractivity contribution in [3.05, 3.63) is 82.1 Å². The first-order valence-corrected chi connectivity index (χ1v) is 9.69. The van der Waals surface area contributed by atoms with Gasteiger partial charge in [0.1, 0.15) is 5.75 Å². The third-order valence-corrected chi connectivity index (χ3v) is 4.56. The summed E-state index contributed by atoms with van der Waals surface area (Å²) in [6, 6.07) is 18.8. The van der Waals surface area contributed by atoms with E-state index in [1.165, 1.54) is 16.3 Å². The molecule has 6 heteroatoms. The van der Waals surface area contributed by atoms with E-state index in [1.54, 1.807) is 6.07 Å². The highest BCUT2D eigenvalue weighted by molar-refractivity contribution is 5.77. The molecule has 0 aliphatic carbocycles. The van der Waals surface area contributed by atoms with E-state index in [0.29, 0.717) is 12.3 Å². The molecular formula is C23H25N3O3. The van der Waals surface area contributed by atoms with Crippen molar-refractivity contribution in [1.29, 1.82) is 0 Å². The Morgan fingerprint density at radius 1 is 1.03 bits per heavy atom. The van der Waals surface area contributed by atoms with Gasteiger partial charge in [0, 0.05) is 18.2 Å². The summed E-state index contributed by atoms with van der Waals surface area (Å²) in [5.74, 6) is 0.411. The summed E-state index contributed by atoms with van der Waals surface area (Å²) in [6.45, 7) is 4.61. The van der Waals surface area contributed by atoms with Crippen molar-refractivity contribution in [1.82, 2.24) is 15.1 Å². The van der Waals surface area contributed by atoms with Crippen molar-refractivity contribution >= 4 is 5.91 Å². The second kappa shape index (κ2) is 9.68. The molecule has 1 N–H and O–H groups in total. The standard InChI is InChI=1S/C23H25N3O3/c1-3-18-6-10-20(11-7-18)29-16-22(27)24-14-15-26-23(28)13-12-21(25-26)19-8-4-17(2)5-9-19/h4-13H,3,14-16H2,1-2H3,(H,24,27). The second-order valence-corrected chi connectivity index (χ2v) is 6.78. The summed E-state index contributed by atoms with van der Waals surface area (Å²) in [5, 5.41) is 7.15. The SMILES string of the molecule is CCc1ccc(OCC(=O)NCCn2nc(-c3ccc(C)cc3)ccc2=O)cc1. The Balaban J connectivity index is 1.51. The van der Waals surface area contributed by atoms with E-state index in [-0.39, 0.29) is 24.6 Å². The van der Waals surface area contributed by atoms with Crippen molar-refractivity contribution in [2.45, 2.75) is 26.8 Å². The molecule has 3 aromatic rings. The lowest BCUT2D eigenvalue weighted by atomic mass is 10.1. The predicted octanol–water partition coefficient (Wildman–Crippen LogP) is 2.98. The molecule has 0 atom stereocenters. The van der Waals surface area contributed by atoms with Crippen LogP contribution in [-0.2, 0) is 17.8 Å². The number of ether oxygens (including phenoxy) is 1. The Morgan fingerprint density at radius 2 is 1.76 bits per heavy atom. The number of rotatable bonds is 8. The number of hydrogen-bond acceptors (Lipinski definition) is 4. The van der Waals surface area contributed by atoms with E-state index in [9.17, 15) is 9.59 Å². The minimum Gasteiger partial charge on any atom is -0.484 e. The summed E-state index contributed by atoms with van der Waals surface area (Å²) in [7, 11) is 0. The Kier molecular flexibility index (Phi) is 6.79. The monoisotopic (exact) mass is 391 g/mol. The maximum absolute atomic E-state index is 12.1. The molecule has 6 nitrogen and oxygen atoms in total. The van der Waals surface area contributed by atoms with Crippen molar-refractivity contribution in [3.63, 3.8) is 0 Å². The van der Waals surface area contributed by atoms with Crippen LogP contribution in [0.25, 0.3) is 11.3 Å². The predicted molar refractivity (Wildman–Crippen MR) is 113 cm³/mol. The Morgan fingerprint density at radius 3 is 2.45 bits per heavy atom. The molecule has 1 aromatic heterocycles. The van der Waals surface area contributed by atoms with E-state index in [1.807, 2.05) is 55.5 Å². The minimum absolute atomic E-state index is 0.0722. The molecule has 1 heterocycles. The van der Waals surface area contributed by atoms with E-state index in [0.717, 1.165) is 23.2 Å². The number of nitrogens with zero attached hydrogens (tertiary/aromatic N) is 2. The lowest BCUT2D eigenvalue weighted by molar-refractivity contribution is -0.123. The summed E-state index contributed by atoms with van der Waals surface area (Å²) in [5.41, 5.74) is 3.83. The van der Waals surface area contributed by atoms with Crippen LogP contribution in [0.4, 0.5) is 0 Å². The highest BCUT2D eigenvalue weighted by atomic mass is 16.5. The van der Waals surface area contributed by atoms with Gasteiger partial charge in [-0.15, -0.1) is 0 Å². The first kappa shape index (κ1) is 20.3. The fourth-order valence-corrected chi connectivity index (χ4v) is 2.81. The molecule has 150 valence electrons. The fraction of sp³-hybridized carbons (Fsp3) is 0.261. The molecular weight excluding hydrogens is 366 g/mol. The van der Waals surface area contributed by atoms with Gasteiger partial charge in [0.05, 0.1) is 12.2 Å². The van der Waals surface area contributed by atoms with Gasteiger partial charge >= 0.3 is 0 Å². The number of amides is 1. The maximum atomic E-state index is 12.1. The summed E-state index contributed by atoms with van der Waals surface area (Å²) < 4.78 is 6.85. The average molecular weight is 391 g/mol. The van der Waals surface area contributed by atoms with Crippen LogP contribution in [0.1, 0.15) is 18.1 Å². The van der Waals surface area contributed by atoms with Crippen LogP contribution < -0.4 is 15.6 Å². The van der Waals surface area contributed by atoms with Crippen molar-refractivity contribution in [3.8, 4) is 17.0 Å². The number of aryl methyl sites for hydroxylation is 2. The minimum atomic E-state index is -0.243. The number of hydrogen-bond donors (Lipinski definition) is 1. The zero-order valence-corrected chi connectivity index (χ0v) is 16.7. The highest BCUT2D eigenvalue weighted by Gasteiger charge is 2.06. The average Bonchev–Trinajstić information content (AvgIpc) is 2.74. The van der Waals surface area contributed by atoms with E-state index in [4.69, 9.17) is 4.74 Å². The molecule has 0 bridgehead atoms. The molecule has 0 radical (unpaired) electrons. The summed E-state index contributed by atoms with van der Waals surface area (Å²) in [4.78, 5) is 24.0. The van der Waals surface area contributed by atoms with Crippen LogP contribution in [0.2, 0.25) is 0 Å². The molecule has 0 saturated carbocycles. The number of aromatic nitrogens is 2. The molecule has 0 aliphatic heterocycles. The molecule has 1 amide bonds. The summed E-state index contributed by atoms with van der Waals surface area (Å²) >= 11 is 0. The van der Waals surface area contributed by atoms with Crippen LogP contribution in [0.15, 0.2) is 65.5 Å². The van der Waals surface area contributed by atoms with Gasteiger partial charge < -0.3 is 10.1 Å². The van der Waals surface area contributed by atoms with Gasteiger partial charge in [-0.3, -0.25) is 9.59 Å². The number of carbonyl (C=O) groups is 1. The topological polar surface area (TPSA) is 73.2 Å². The highest BCUT2D eigenvalue weighted by Crippen LogP contribution is 2.15. The Hall–Kier alpha value is -3.41. The molecule has 0 saturated heterocycles. The van der Waals surface area contributed by atoms with E-state index in [2.05, 4.69) is 17.3 Å². The smallest absolute Gasteiger partial charge is 0.266 e.